The van der Waals surface area contributed by atoms with E-state index in [0.29, 0.717) is 0 Å². The van der Waals surface area contributed by atoms with Crippen molar-refractivity contribution in [2.24, 2.45) is 0 Å². The number of carboxylic acid groups (broad SMARTS) is 1. The van der Waals surface area contributed by atoms with Gasteiger partial charge in [-0.15, -0.1) is 0 Å². The van der Waals surface area contributed by atoms with Gasteiger partial charge in [0.1, 0.15) is 17.4 Å². The first kappa shape index (κ1) is 13.0. The van der Waals surface area contributed by atoms with Crippen molar-refractivity contribution < 1.29 is 25.2 Å². The highest BCUT2D eigenvalue weighted by Crippen LogP contribution is 2.25. The summed E-state index contributed by atoms with van der Waals surface area (Å²) >= 11 is 0. The first-order valence-corrected chi connectivity index (χ1v) is 4.76. The van der Waals surface area contributed by atoms with Crippen LogP contribution in [0.15, 0.2) is 18.2 Å². The van der Waals surface area contributed by atoms with E-state index in [-0.39, 0.29) is 17.5 Å². The molecule has 0 aliphatic rings. The predicted octanol–water partition coefficient (Wildman–Crippen LogP) is 0.398. The van der Waals surface area contributed by atoms with Crippen molar-refractivity contribution in [3.63, 3.8) is 0 Å². The molecule has 0 saturated carbocycles. The topological polar surface area (TPSA) is 122 Å². The van der Waals surface area contributed by atoms with Crippen LogP contribution in [0.1, 0.15) is 28.4 Å². The Balaban J connectivity index is 2.98. The molecule has 0 saturated heterocycles. The Morgan fingerprint density at radius 1 is 1.41 bits per heavy atom. The molecule has 1 rings (SSSR count). The van der Waals surface area contributed by atoms with Crippen LogP contribution < -0.4 is 0 Å². The standard InChI is InChI=1S/C11H11NO5/c12-4-3-8(13)10(15)6-1-2-7(11(16)17)9(14)5-6/h1-2,5,8,10,13-15H,3H2,(H,16,17). The quantitative estimate of drug-likeness (QED) is 0.601. The molecule has 0 amide bonds. The summed E-state index contributed by atoms with van der Waals surface area (Å²) in [4.78, 5) is 10.6. The van der Waals surface area contributed by atoms with Crippen molar-refractivity contribution in [2.45, 2.75) is 18.6 Å². The lowest BCUT2D eigenvalue weighted by molar-refractivity contribution is 0.0215. The third kappa shape index (κ3) is 2.93. The number of phenols is 1. The molecule has 0 aromatic heterocycles. The number of hydrogen-bond donors (Lipinski definition) is 4. The van der Waals surface area contributed by atoms with E-state index in [1.807, 2.05) is 0 Å². The molecule has 0 aliphatic carbocycles. The van der Waals surface area contributed by atoms with E-state index >= 15 is 0 Å². The molecule has 0 aliphatic heterocycles. The van der Waals surface area contributed by atoms with Crippen molar-refractivity contribution in [1.82, 2.24) is 0 Å². The van der Waals surface area contributed by atoms with Gasteiger partial charge < -0.3 is 20.4 Å². The van der Waals surface area contributed by atoms with Gasteiger partial charge >= 0.3 is 5.97 Å². The highest BCUT2D eigenvalue weighted by molar-refractivity contribution is 5.90. The van der Waals surface area contributed by atoms with Crippen LogP contribution in [0.5, 0.6) is 5.75 Å². The van der Waals surface area contributed by atoms with Crippen molar-refractivity contribution in [2.75, 3.05) is 0 Å². The van der Waals surface area contributed by atoms with Crippen molar-refractivity contribution in [1.29, 1.82) is 5.26 Å². The van der Waals surface area contributed by atoms with Gasteiger partial charge in [0, 0.05) is 0 Å². The summed E-state index contributed by atoms with van der Waals surface area (Å²) in [5.41, 5.74) is -0.147. The van der Waals surface area contributed by atoms with E-state index in [1.165, 1.54) is 6.07 Å². The number of rotatable bonds is 4. The summed E-state index contributed by atoms with van der Waals surface area (Å²) in [7, 11) is 0. The van der Waals surface area contributed by atoms with Gasteiger partial charge in [0.2, 0.25) is 0 Å². The van der Waals surface area contributed by atoms with Crippen LogP contribution in [0.3, 0.4) is 0 Å². The number of carboxylic acids is 1. The molecule has 1 aromatic carbocycles. The second-order valence-corrected chi connectivity index (χ2v) is 3.46. The minimum atomic E-state index is -1.34. The Morgan fingerprint density at radius 3 is 2.53 bits per heavy atom. The SMILES string of the molecule is N#CCC(O)C(O)c1ccc(C(=O)O)c(O)c1. The Hall–Kier alpha value is -2.10. The number of aromatic carboxylic acids is 1. The summed E-state index contributed by atoms with van der Waals surface area (Å²) < 4.78 is 0. The average molecular weight is 237 g/mol. The van der Waals surface area contributed by atoms with Gasteiger partial charge in [0.05, 0.1) is 18.6 Å². The van der Waals surface area contributed by atoms with Crippen molar-refractivity contribution in [3.8, 4) is 11.8 Å². The van der Waals surface area contributed by atoms with Gasteiger partial charge in [-0.1, -0.05) is 6.07 Å². The number of hydrogen-bond acceptors (Lipinski definition) is 5. The molecule has 0 spiro atoms. The third-order valence-corrected chi connectivity index (χ3v) is 2.26. The maximum Gasteiger partial charge on any atom is 0.339 e. The van der Waals surface area contributed by atoms with Crippen LogP contribution in [0.25, 0.3) is 0 Å². The zero-order chi connectivity index (χ0) is 13.0. The first-order valence-electron chi connectivity index (χ1n) is 4.76. The average Bonchev–Trinajstić information content (AvgIpc) is 2.27. The van der Waals surface area contributed by atoms with E-state index in [1.54, 1.807) is 6.07 Å². The molecule has 0 bridgehead atoms. The van der Waals surface area contributed by atoms with E-state index < -0.39 is 23.9 Å². The lowest BCUT2D eigenvalue weighted by Gasteiger charge is -2.16. The fraction of sp³-hybridized carbons (Fsp3) is 0.273. The Bertz CT molecular complexity index is 465. The molecule has 17 heavy (non-hydrogen) atoms. The third-order valence-electron chi connectivity index (χ3n) is 2.26. The number of aliphatic hydroxyl groups is 2. The molecule has 2 unspecified atom stereocenters. The number of aliphatic hydroxyl groups excluding tert-OH is 2. The molecule has 0 heterocycles. The van der Waals surface area contributed by atoms with Crippen LogP contribution in [-0.4, -0.2) is 32.5 Å². The van der Waals surface area contributed by atoms with Gasteiger partial charge in [0.25, 0.3) is 0 Å². The Morgan fingerprint density at radius 2 is 2.06 bits per heavy atom. The minimum absolute atomic E-state index is 0.148. The van der Waals surface area contributed by atoms with E-state index in [2.05, 4.69) is 0 Å². The largest absolute Gasteiger partial charge is 0.507 e. The zero-order valence-electron chi connectivity index (χ0n) is 8.74. The zero-order valence-corrected chi connectivity index (χ0v) is 8.74. The predicted molar refractivity (Wildman–Crippen MR) is 56.3 cm³/mol. The van der Waals surface area contributed by atoms with Crippen LogP contribution in [0.4, 0.5) is 0 Å². The highest BCUT2D eigenvalue weighted by atomic mass is 16.4. The van der Waals surface area contributed by atoms with Gasteiger partial charge in [-0.05, 0) is 17.7 Å². The van der Waals surface area contributed by atoms with Gasteiger partial charge in [0.15, 0.2) is 0 Å². The second-order valence-electron chi connectivity index (χ2n) is 3.46. The van der Waals surface area contributed by atoms with E-state index in [9.17, 15) is 20.1 Å². The summed E-state index contributed by atoms with van der Waals surface area (Å²) in [6.07, 6.45) is -2.89. The molecular weight excluding hydrogens is 226 g/mol. The summed E-state index contributed by atoms with van der Waals surface area (Å²) in [6.45, 7) is 0. The van der Waals surface area contributed by atoms with Gasteiger partial charge in [-0.3, -0.25) is 0 Å². The summed E-state index contributed by atoms with van der Waals surface area (Å²) in [5, 5.41) is 45.4. The van der Waals surface area contributed by atoms with Crippen LogP contribution in [-0.2, 0) is 0 Å². The van der Waals surface area contributed by atoms with Gasteiger partial charge in [-0.25, -0.2) is 4.79 Å². The van der Waals surface area contributed by atoms with Crippen LogP contribution in [0, 0.1) is 11.3 Å². The lowest BCUT2D eigenvalue weighted by atomic mass is 10.0. The maximum atomic E-state index is 10.6. The molecule has 0 fully saturated rings. The maximum absolute atomic E-state index is 10.6. The smallest absolute Gasteiger partial charge is 0.339 e. The number of nitriles is 1. The normalized spacial score (nSPS) is 13.7. The second kappa shape index (κ2) is 5.30. The molecular formula is C11H11NO5. The fourth-order valence-corrected chi connectivity index (χ4v) is 1.34. The van der Waals surface area contributed by atoms with E-state index in [4.69, 9.17) is 10.4 Å². The van der Waals surface area contributed by atoms with Gasteiger partial charge in [-0.2, -0.15) is 5.26 Å². The number of nitrogens with zero attached hydrogens (tertiary/aromatic N) is 1. The molecule has 6 heteroatoms. The molecule has 6 nitrogen and oxygen atoms in total. The molecule has 90 valence electrons. The number of benzene rings is 1. The minimum Gasteiger partial charge on any atom is -0.507 e. The molecule has 4 N–H and O–H groups in total. The Kier molecular flexibility index (Phi) is 4.04. The number of aromatic hydroxyl groups is 1. The highest BCUT2D eigenvalue weighted by Gasteiger charge is 2.20. The fourth-order valence-electron chi connectivity index (χ4n) is 1.34. The molecule has 2 atom stereocenters. The molecule has 0 radical (unpaired) electrons. The van der Waals surface area contributed by atoms with E-state index in [0.717, 1.165) is 12.1 Å². The molecule has 1 aromatic rings. The monoisotopic (exact) mass is 237 g/mol. The van der Waals surface area contributed by atoms with Crippen LogP contribution >= 0.6 is 0 Å². The van der Waals surface area contributed by atoms with Crippen molar-refractivity contribution in [3.05, 3.63) is 29.3 Å². The number of carbonyl (C=O) groups is 1. The van der Waals surface area contributed by atoms with Crippen LogP contribution in [0.2, 0.25) is 0 Å². The summed E-state index contributed by atoms with van der Waals surface area (Å²) in [5.74, 6) is -1.79. The first-order chi connectivity index (χ1) is 7.97. The lowest BCUT2D eigenvalue weighted by Crippen LogP contribution is -2.17. The Labute approximate surface area is 97.0 Å². The van der Waals surface area contributed by atoms with Crippen molar-refractivity contribution >= 4 is 5.97 Å². The summed E-state index contributed by atoms with van der Waals surface area (Å²) in [6, 6.07) is 5.14.